The SMILES string of the molecule is C1CCC(NC2CCCCC2)CC1.O=C1CC(=O)C1. The second kappa shape index (κ2) is 7.78. The minimum absolute atomic E-state index is 0.0833. The Balaban J connectivity index is 0.000000186. The predicted molar refractivity (Wildman–Crippen MR) is 76.1 cm³/mol. The van der Waals surface area contributed by atoms with Crippen molar-refractivity contribution in [3.8, 4) is 0 Å². The molecule has 3 fully saturated rings. The van der Waals surface area contributed by atoms with Gasteiger partial charge in [0, 0.05) is 12.1 Å². The van der Waals surface area contributed by atoms with Gasteiger partial charge in [-0.1, -0.05) is 38.5 Å². The minimum Gasteiger partial charge on any atom is -0.311 e. The average molecular weight is 265 g/mol. The first kappa shape index (κ1) is 14.7. The van der Waals surface area contributed by atoms with Crippen molar-refractivity contribution in [2.75, 3.05) is 0 Å². The molecule has 3 saturated carbocycles. The summed E-state index contributed by atoms with van der Waals surface area (Å²) >= 11 is 0. The van der Waals surface area contributed by atoms with Crippen LogP contribution in [0.15, 0.2) is 0 Å². The number of carbonyl (C=O) groups excluding carboxylic acids is 2. The van der Waals surface area contributed by atoms with E-state index in [1.165, 1.54) is 64.2 Å². The molecule has 0 heterocycles. The van der Waals surface area contributed by atoms with E-state index in [-0.39, 0.29) is 24.4 Å². The normalized spacial score (nSPS) is 25.5. The molecule has 0 aromatic rings. The maximum absolute atomic E-state index is 9.89. The van der Waals surface area contributed by atoms with Crippen molar-refractivity contribution >= 4 is 11.6 Å². The number of Topliss-reactive ketones (excluding diaryl/α,β-unsaturated/α-hetero) is 2. The van der Waals surface area contributed by atoms with Gasteiger partial charge in [-0.05, 0) is 25.7 Å². The van der Waals surface area contributed by atoms with Crippen LogP contribution in [0, 0.1) is 0 Å². The first-order valence-electron chi connectivity index (χ1n) is 8.03. The lowest BCUT2D eigenvalue weighted by atomic mass is 9.91. The number of rotatable bonds is 2. The maximum Gasteiger partial charge on any atom is 0.147 e. The molecule has 3 aliphatic carbocycles. The fourth-order valence-electron chi connectivity index (χ4n) is 3.26. The second-order valence-corrected chi connectivity index (χ2v) is 6.27. The van der Waals surface area contributed by atoms with Gasteiger partial charge in [0.15, 0.2) is 0 Å². The molecule has 19 heavy (non-hydrogen) atoms. The van der Waals surface area contributed by atoms with Crippen LogP contribution in [0.4, 0.5) is 0 Å². The molecule has 3 nitrogen and oxygen atoms in total. The quantitative estimate of drug-likeness (QED) is 0.780. The third kappa shape index (κ3) is 5.43. The maximum atomic E-state index is 9.89. The number of ketones is 2. The molecule has 0 amide bonds. The molecule has 0 radical (unpaired) electrons. The summed E-state index contributed by atoms with van der Waals surface area (Å²) in [5.74, 6) is 0.167. The zero-order valence-corrected chi connectivity index (χ0v) is 12.0. The summed E-state index contributed by atoms with van der Waals surface area (Å²) in [4.78, 5) is 19.8. The molecule has 0 aliphatic heterocycles. The molecule has 1 N–H and O–H groups in total. The van der Waals surface area contributed by atoms with Crippen molar-refractivity contribution in [3.05, 3.63) is 0 Å². The van der Waals surface area contributed by atoms with Crippen LogP contribution in [0.2, 0.25) is 0 Å². The van der Waals surface area contributed by atoms with Crippen LogP contribution < -0.4 is 5.32 Å². The van der Waals surface area contributed by atoms with Gasteiger partial charge < -0.3 is 5.32 Å². The van der Waals surface area contributed by atoms with E-state index in [2.05, 4.69) is 5.32 Å². The number of hydrogen-bond donors (Lipinski definition) is 1. The fraction of sp³-hybridized carbons (Fsp3) is 0.875. The van der Waals surface area contributed by atoms with Gasteiger partial charge in [0.05, 0.1) is 12.8 Å². The molecule has 3 rings (SSSR count). The Kier molecular flexibility index (Phi) is 6.02. The van der Waals surface area contributed by atoms with Gasteiger partial charge in [0.25, 0.3) is 0 Å². The molecule has 0 atom stereocenters. The Morgan fingerprint density at radius 3 is 1.26 bits per heavy atom. The van der Waals surface area contributed by atoms with Crippen LogP contribution in [-0.2, 0) is 9.59 Å². The van der Waals surface area contributed by atoms with Crippen LogP contribution in [0.5, 0.6) is 0 Å². The fourth-order valence-corrected chi connectivity index (χ4v) is 3.26. The van der Waals surface area contributed by atoms with Crippen LogP contribution >= 0.6 is 0 Å². The molecule has 108 valence electrons. The van der Waals surface area contributed by atoms with Crippen molar-refractivity contribution in [1.29, 1.82) is 0 Å². The van der Waals surface area contributed by atoms with Gasteiger partial charge in [0.2, 0.25) is 0 Å². The van der Waals surface area contributed by atoms with E-state index < -0.39 is 0 Å². The summed E-state index contributed by atoms with van der Waals surface area (Å²) in [7, 11) is 0. The zero-order valence-electron chi connectivity index (χ0n) is 12.0. The smallest absolute Gasteiger partial charge is 0.147 e. The lowest BCUT2D eigenvalue weighted by molar-refractivity contribution is -0.137. The van der Waals surface area contributed by atoms with Gasteiger partial charge in [-0.3, -0.25) is 9.59 Å². The summed E-state index contributed by atoms with van der Waals surface area (Å²) in [5, 5.41) is 3.86. The number of nitrogens with one attached hydrogen (secondary N) is 1. The average Bonchev–Trinajstić information content (AvgIpc) is 2.41. The number of hydrogen-bond acceptors (Lipinski definition) is 3. The van der Waals surface area contributed by atoms with E-state index in [9.17, 15) is 9.59 Å². The summed E-state index contributed by atoms with van der Waals surface area (Å²) in [6, 6.07) is 1.74. The third-order valence-electron chi connectivity index (χ3n) is 4.47. The van der Waals surface area contributed by atoms with Crippen LogP contribution in [-0.4, -0.2) is 23.7 Å². The van der Waals surface area contributed by atoms with Crippen LogP contribution in [0.3, 0.4) is 0 Å². The highest BCUT2D eigenvalue weighted by Gasteiger charge is 2.21. The predicted octanol–water partition coefficient (Wildman–Crippen LogP) is 3.16. The van der Waals surface area contributed by atoms with Gasteiger partial charge >= 0.3 is 0 Å². The van der Waals surface area contributed by atoms with E-state index in [0.717, 1.165) is 12.1 Å². The molecule has 0 saturated heterocycles. The van der Waals surface area contributed by atoms with Crippen LogP contribution in [0.25, 0.3) is 0 Å². The summed E-state index contributed by atoms with van der Waals surface area (Å²) < 4.78 is 0. The molecule has 0 aromatic carbocycles. The molecule has 3 aliphatic rings. The van der Waals surface area contributed by atoms with Crippen molar-refractivity contribution in [2.45, 2.75) is 89.1 Å². The molecular formula is C16H27NO2. The number of carbonyl (C=O) groups is 2. The third-order valence-corrected chi connectivity index (χ3v) is 4.47. The van der Waals surface area contributed by atoms with E-state index in [1.54, 1.807) is 0 Å². The van der Waals surface area contributed by atoms with Crippen molar-refractivity contribution in [3.63, 3.8) is 0 Å². The van der Waals surface area contributed by atoms with Gasteiger partial charge in [-0.15, -0.1) is 0 Å². The summed E-state index contributed by atoms with van der Waals surface area (Å²) in [6.45, 7) is 0. The Bertz CT molecular complexity index is 264. The highest BCUT2D eigenvalue weighted by atomic mass is 16.2. The Morgan fingerprint density at radius 1 is 0.632 bits per heavy atom. The zero-order chi connectivity index (χ0) is 13.5. The summed E-state index contributed by atoms with van der Waals surface area (Å²) in [5.41, 5.74) is 0. The molecule has 0 spiro atoms. The highest BCUT2D eigenvalue weighted by molar-refractivity contribution is 6.18. The van der Waals surface area contributed by atoms with Crippen molar-refractivity contribution in [2.24, 2.45) is 0 Å². The first-order chi connectivity index (χ1) is 9.24. The largest absolute Gasteiger partial charge is 0.311 e. The van der Waals surface area contributed by atoms with Crippen LogP contribution in [0.1, 0.15) is 77.0 Å². The van der Waals surface area contributed by atoms with E-state index >= 15 is 0 Å². The standard InChI is InChI=1S/C12H23N.C4H4O2/c1-3-7-11(8-4-1)13-12-9-5-2-6-10-12;5-3-1-4(6)2-3/h11-13H,1-10H2;1-2H2. The lowest BCUT2D eigenvalue weighted by Gasteiger charge is -2.30. The highest BCUT2D eigenvalue weighted by Crippen LogP contribution is 2.22. The van der Waals surface area contributed by atoms with Crippen molar-refractivity contribution in [1.82, 2.24) is 5.32 Å². The Hall–Kier alpha value is -0.700. The van der Waals surface area contributed by atoms with Crippen molar-refractivity contribution < 1.29 is 9.59 Å². The lowest BCUT2D eigenvalue weighted by Crippen LogP contribution is -2.40. The Labute approximate surface area is 116 Å². The molecule has 0 bridgehead atoms. The second-order valence-electron chi connectivity index (χ2n) is 6.27. The molecule has 0 aromatic heterocycles. The molecule has 3 heteroatoms. The van der Waals surface area contributed by atoms with Gasteiger partial charge in [-0.2, -0.15) is 0 Å². The van der Waals surface area contributed by atoms with E-state index in [1.807, 2.05) is 0 Å². The Morgan fingerprint density at radius 2 is 1.00 bits per heavy atom. The first-order valence-corrected chi connectivity index (χ1v) is 8.03. The van der Waals surface area contributed by atoms with E-state index in [0.29, 0.717) is 0 Å². The van der Waals surface area contributed by atoms with E-state index in [4.69, 9.17) is 0 Å². The topological polar surface area (TPSA) is 46.2 Å². The van der Waals surface area contributed by atoms with Gasteiger partial charge in [-0.25, -0.2) is 0 Å². The summed E-state index contributed by atoms with van der Waals surface area (Å²) in [6.07, 6.45) is 15.0. The molecule has 0 unspecified atom stereocenters. The monoisotopic (exact) mass is 265 g/mol. The minimum atomic E-state index is 0.0833. The van der Waals surface area contributed by atoms with Gasteiger partial charge in [0.1, 0.15) is 11.6 Å². The molecular weight excluding hydrogens is 238 g/mol.